The highest BCUT2D eigenvalue weighted by molar-refractivity contribution is 5.80. The van der Waals surface area contributed by atoms with Crippen molar-refractivity contribution in [1.29, 1.82) is 0 Å². The van der Waals surface area contributed by atoms with Gasteiger partial charge in [-0.2, -0.15) is 13.2 Å². The number of carbonyl (C=O) groups excluding carboxylic acids is 1. The summed E-state index contributed by atoms with van der Waals surface area (Å²) in [5.41, 5.74) is -0.418. The summed E-state index contributed by atoms with van der Waals surface area (Å²) in [6.45, 7) is 1.50. The van der Waals surface area contributed by atoms with Gasteiger partial charge in [0.15, 0.2) is 6.10 Å². The van der Waals surface area contributed by atoms with E-state index in [9.17, 15) is 22.4 Å². The fourth-order valence-electron chi connectivity index (χ4n) is 2.30. The number of hydrogen-bond acceptors (Lipinski definition) is 2. The van der Waals surface area contributed by atoms with E-state index in [1.807, 2.05) is 0 Å². The normalized spacial score (nSPS) is 12.6. The smallest absolute Gasteiger partial charge is 0.416 e. The Morgan fingerprint density at radius 2 is 1.84 bits per heavy atom. The zero-order valence-corrected chi connectivity index (χ0v) is 13.7. The van der Waals surface area contributed by atoms with Crippen LogP contribution in [0.5, 0.6) is 5.75 Å². The van der Waals surface area contributed by atoms with Crippen LogP contribution in [-0.4, -0.2) is 24.0 Å². The first kappa shape index (κ1) is 18.8. The molecule has 0 aliphatic heterocycles. The average Bonchev–Trinajstić information content (AvgIpc) is 2.53. The molecule has 1 amide bonds. The highest BCUT2D eigenvalue weighted by Crippen LogP contribution is 2.29. The van der Waals surface area contributed by atoms with Gasteiger partial charge in [-0.05, 0) is 36.8 Å². The second-order valence-electron chi connectivity index (χ2n) is 5.61. The Hall–Kier alpha value is -2.57. The van der Waals surface area contributed by atoms with E-state index < -0.39 is 29.6 Å². The molecule has 2 aromatic rings. The summed E-state index contributed by atoms with van der Waals surface area (Å²) in [4.78, 5) is 13.6. The van der Waals surface area contributed by atoms with E-state index in [1.165, 1.54) is 49.2 Å². The molecule has 0 saturated heterocycles. The van der Waals surface area contributed by atoms with E-state index in [2.05, 4.69) is 0 Å². The quantitative estimate of drug-likeness (QED) is 0.750. The molecule has 0 fully saturated rings. The van der Waals surface area contributed by atoms with Crippen LogP contribution < -0.4 is 4.74 Å². The molecular formula is C18H17F4NO2. The Labute approximate surface area is 142 Å². The van der Waals surface area contributed by atoms with Gasteiger partial charge >= 0.3 is 6.18 Å². The van der Waals surface area contributed by atoms with Crippen LogP contribution in [0.4, 0.5) is 17.6 Å². The molecule has 0 aromatic heterocycles. The summed E-state index contributed by atoms with van der Waals surface area (Å²) in [6.07, 6.45) is -5.34. The summed E-state index contributed by atoms with van der Waals surface area (Å²) < 4.78 is 56.7. The van der Waals surface area contributed by atoms with Crippen LogP contribution in [0.15, 0.2) is 48.5 Å². The molecule has 1 unspecified atom stereocenters. The topological polar surface area (TPSA) is 29.5 Å². The third kappa shape index (κ3) is 5.20. The number of rotatable bonds is 5. The van der Waals surface area contributed by atoms with Crippen LogP contribution in [0.1, 0.15) is 18.1 Å². The zero-order valence-electron chi connectivity index (χ0n) is 13.7. The summed E-state index contributed by atoms with van der Waals surface area (Å²) in [7, 11) is 1.47. The highest BCUT2D eigenvalue weighted by Gasteiger charge is 2.30. The number of carbonyl (C=O) groups is 1. The minimum atomic E-state index is -4.44. The van der Waals surface area contributed by atoms with Crippen molar-refractivity contribution in [3.05, 3.63) is 65.5 Å². The number of benzene rings is 2. The number of ether oxygens (including phenoxy) is 1. The van der Waals surface area contributed by atoms with Gasteiger partial charge in [0.25, 0.3) is 5.91 Å². The van der Waals surface area contributed by atoms with Gasteiger partial charge in [-0.15, -0.1) is 0 Å². The fraction of sp³-hybridized carbons (Fsp3) is 0.278. The Kier molecular flexibility index (Phi) is 5.66. The third-order valence-electron chi connectivity index (χ3n) is 3.51. The van der Waals surface area contributed by atoms with Crippen molar-refractivity contribution >= 4 is 5.91 Å². The number of halogens is 4. The number of hydrogen-bond donors (Lipinski definition) is 0. The van der Waals surface area contributed by atoms with Gasteiger partial charge in [-0.3, -0.25) is 4.79 Å². The molecule has 0 spiro atoms. The Morgan fingerprint density at radius 1 is 1.16 bits per heavy atom. The molecule has 0 radical (unpaired) electrons. The predicted molar refractivity (Wildman–Crippen MR) is 84.4 cm³/mol. The molecule has 134 valence electrons. The molecular weight excluding hydrogens is 338 g/mol. The van der Waals surface area contributed by atoms with Crippen LogP contribution >= 0.6 is 0 Å². The minimum Gasteiger partial charge on any atom is -0.481 e. The van der Waals surface area contributed by atoms with Crippen molar-refractivity contribution in [2.45, 2.75) is 25.7 Å². The molecule has 0 saturated carbocycles. The van der Waals surface area contributed by atoms with Gasteiger partial charge in [0.2, 0.25) is 0 Å². The lowest BCUT2D eigenvalue weighted by Crippen LogP contribution is -2.37. The van der Waals surface area contributed by atoms with Gasteiger partial charge in [0, 0.05) is 19.7 Å². The first-order valence-electron chi connectivity index (χ1n) is 7.50. The summed E-state index contributed by atoms with van der Waals surface area (Å²) in [5.74, 6) is -0.718. The summed E-state index contributed by atoms with van der Waals surface area (Å²) >= 11 is 0. The Bertz CT molecular complexity index is 746. The molecule has 0 aliphatic rings. The highest BCUT2D eigenvalue weighted by atomic mass is 19.4. The van der Waals surface area contributed by atoms with Crippen LogP contribution in [0.2, 0.25) is 0 Å². The van der Waals surface area contributed by atoms with E-state index in [0.29, 0.717) is 5.56 Å². The number of likely N-dealkylation sites (N-methyl/N-ethyl adjacent to an activating group) is 1. The van der Waals surface area contributed by atoms with Gasteiger partial charge in [0.1, 0.15) is 11.6 Å². The van der Waals surface area contributed by atoms with Gasteiger partial charge in [-0.1, -0.05) is 18.2 Å². The molecule has 0 N–H and O–H groups in total. The van der Waals surface area contributed by atoms with E-state index in [0.717, 1.165) is 18.2 Å². The molecule has 0 heterocycles. The van der Waals surface area contributed by atoms with Crippen molar-refractivity contribution in [3.63, 3.8) is 0 Å². The number of amides is 1. The lowest BCUT2D eigenvalue weighted by molar-refractivity contribution is -0.137. The lowest BCUT2D eigenvalue weighted by atomic mass is 10.1. The molecule has 1 atom stereocenters. The first-order valence-corrected chi connectivity index (χ1v) is 7.50. The maximum absolute atomic E-state index is 13.1. The van der Waals surface area contributed by atoms with Gasteiger partial charge < -0.3 is 9.64 Å². The average molecular weight is 355 g/mol. The van der Waals surface area contributed by atoms with Gasteiger partial charge in [-0.25, -0.2) is 4.39 Å². The fourth-order valence-corrected chi connectivity index (χ4v) is 2.30. The summed E-state index contributed by atoms with van der Waals surface area (Å²) in [5, 5.41) is 0. The van der Waals surface area contributed by atoms with Crippen LogP contribution in [-0.2, 0) is 17.5 Å². The minimum absolute atomic E-state index is 0.000393. The van der Waals surface area contributed by atoms with Gasteiger partial charge in [0.05, 0.1) is 5.56 Å². The Balaban J connectivity index is 2.02. The molecule has 0 aliphatic carbocycles. The molecule has 7 heteroatoms. The summed E-state index contributed by atoms with van der Waals surface area (Å²) in [6, 6.07) is 10.1. The molecule has 0 bridgehead atoms. The molecule has 2 aromatic carbocycles. The van der Waals surface area contributed by atoms with E-state index in [1.54, 1.807) is 0 Å². The standard InChI is InChI=1S/C18H17F4NO2/c1-12(25-16-8-4-7-15(19)10-16)17(24)23(2)11-13-5-3-6-14(9-13)18(20,21)22/h3-10,12H,11H2,1-2H3. The second-order valence-corrected chi connectivity index (χ2v) is 5.61. The van der Waals surface area contributed by atoms with Crippen molar-refractivity contribution in [1.82, 2.24) is 4.90 Å². The second kappa shape index (κ2) is 7.55. The van der Waals surface area contributed by atoms with Crippen molar-refractivity contribution in [2.24, 2.45) is 0 Å². The maximum atomic E-state index is 13.1. The molecule has 2 rings (SSSR count). The van der Waals surface area contributed by atoms with Crippen molar-refractivity contribution < 1.29 is 27.1 Å². The SMILES string of the molecule is CC(Oc1cccc(F)c1)C(=O)N(C)Cc1cccc(C(F)(F)F)c1. The molecule has 25 heavy (non-hydrogen) atoms. The first-order chi connectivity index (χ1) is 11.7. The predicted octanol–water partition coefficient (Wildman–Crippen LogP) is 4.27. The van der Waals surface area contributed by atoms with Crippen LogP contribution in [0.3, 0.4) is 0 Å². The lowest BCUT2D eigenvalue weighted by Gasteiger charge is -2.22. The molecule has 3 nitrogen and oxygen atoms in total. The van der Waals surface area contributed by atoms with E-state index in [-0.39, 0.29) is 12.3 Å². The third-order valence-corrected chi connectivity index (χ3v) is 3.51. The van der Waals surface area contributed by atoms with E-state index in [4.69, 9.17) is 4.74 Å². The zero-order chi connectivity index (χ0) is 18.6. The van der Waals surface area contributed by atoms with Crippen LogP contribution in [0.25, 0.3) is 0 Å². The Morgan fingerprint density at radius 3 is 2.48 bits per heavy atom. The largest absolute Gasteiger partial charge is 0.481 e. The number of alkyl halides is 3. The number of nitrogens with zero attached hydrogens (tertiary/aromatic N) is 1. The maximum Gasteiger partial charge on any atom is 0.416 e. The van der Waals surface area contributed by atoms with Crippen molar-refractivity contribution in [2.75, 3.05) is 7.05 Å². The monoisotopic (exact) mass is 355 g/mol. The van der Waals surface area contributed by atoms with Crippen molar-refractivity contribution in [3.8, 4) is 5.75 Å². The van der Waals surface area contributed by atoms with E-state index >= 15 is 0 Å². The van der Waals surface area contributed by atoms with Crippen LogP contribution in [0, 0.1) is 5.82 Å².